The van der Waals surface area contributed by atoms with Crippen LogP contribution in [-0.4, -0.2) is 35.1 Å². The average molecular weight is 295 g/mol. The summed E-state index contributed by atoms with van der Waals surface area (Å²) >= 11 is 3.06. The van der Waals surface area contributed by atoms with Crippen LogP contribution in [0.1, 0.15) is 10.5 Å². The van der Waals surface area contributed by atoms with Crippen molar-refractivity contribution in [3.05, 3.63) is 28.5 Å². The number of carbonyl (C=O) groups excluding carboxylic acids is 1. The molecule has 1 heterocycles. The van der Waals surface area contributed by atoms with Gasteiger partial charge in [-0.2, -0.15) is 0 Å². The summed E-state index contributed by atoms with van der Waals surface area (Å²) in [5, 5.41) is 10.3. The van der Waals surface area contributed by atoms with Gasteiger partial charge in [-0.15, -0.1) is 0 Å². The first kappa shape index (κ1) is 13.0. The van der Waals surface area contributed by atoms with Crippen molar-refractivity contribution in [2.45, 2.75) is 5.92 Å². The molecule has 0 saturated carbocycles. The van der Waals surface area contributed by atoms with Gasteiger partial charge >= 0.3 is 0 Å². The minimum absolute atomic E-state index is 0.0307. The molecule has 1 aromatic rings. The van der Waals surface area contributed by atoms with Crippen molar-refractivity contribution in [2.24, 2.45) is 0 Å². The summed E-state index contributed by atoms with van der Waals surface area (Å²) in [7, 11) is 0. The van der Waals surface area contributed by atoms with Gasteiger partial charge in [-0.3, -0.25) is 4.79 Å². The number of halogens is 3. The number of carbonyl (C=O) groups is 1. The SMILES string of the molecule is O=C(NCC(F)(F)CO)c1cccc(Br)n1. The van der Waals surface area contributed by atoms with Crippen molar-refractivity contribution in [1.82, 2.24) is 10.3 Å². The molecule has 0 aromatic carbocycles. The Morgan fingerprint density at radius 1 is 1.56 bits per heavy atom. The van der Waals surface area contributed by atoms with Gasteiger partial charge in [0.2, 0.25) is 0 Å². The molecule has 0 unspecified atom stereocenters. The Morgan fingerprint density at radius 3 is 2.81 bits per heavy atom. The highest BCUT2D eigenvalue weighted by Gasteiger charge is 2.28. The highest BCUT2D eigenvalue weighted by molar-refractivity contribution is 9.10. The number of nitrogens with one attached hydrogen (secondary N) is 1. The fourth-order valence-corrected chi connectivity index (χ4v) is 1.23. The van der Waals surface area contributed by atoms with E-state index in [1.165, 1.54) is 6.07 Å². The summed E-state index contributed by atoms with van der Waals surface area (Å²) in [6, 6.07) is 4.58. The smallest absolute Gasteiger partial charge is 0.287 e. The van der Waals surface area contributed by atoms with Gasteiger partial charge in [0.25, 0.3) is 11.8 Å². The quantitative estimate of drug-likeness (QED) is 0.821. The monoisotopic (exact) mass is 294 g/mol. The minimum Gasteiger partial charge on any atom is -0.390 e. The van der Waals surface area contributed by atoms with Crippen LogP contribution in [-0.2, 0) is 0 Å². The second kappa shape index (κ2) is 5.31. The zero-order valence-corrected chi connectivity index (χ0v) is 9.67. The Hall–Kier alpha value is -1.08. The molecule has 1 rings (SSSR count). The van der Waals surface area contributed by atoms with Gasteiger partial charge in [0, 0.05) is 0 Å². The average Bonchev–Trinajstić information content (AvgIpc) is 2.26. The van der Waals surface area contributed by atoms with E-state index in [-0.39, 0.29) is 5.69 Å². The van der Waals surface area contributed by atoms with Crippen LogP contribution in [0, 0.1) is 0 Å². The molecule has 0 aliphatic heterocycles. The molecular weight excluding hydrogens is 286 g/mol. The van der Waals surface area contributed by atoms with E-state index in [4.69, 9.17) is 5.11 Å². The van der Waals surface area contributed by atoms with Crippen molar-refractivity contribution in [2.75, 3.05) is 13.2 Å². The van der Waals surface area contributed by atoms with Gasteiger partial charge in [0.1, 0.15) is 16.9 Å². The number of aliphatic hydroxyl groups excluding tert-OH is 1. The van der Waals surface area contributed by atoms with E-state index in [1.807, 2.05) is 5.32 Å². The lowest BCUT2D eigenvalue weighted by atomic mass is 10.3. The molecule has 1 aromatic heterocycles. The highest BCUT2D eigenvalue weighted by Crippen LogP contribution is 2.10. The third-order valence-corrected chi connectivity index (χ3v) is 2.13. The number of amides is 1. The Labute approximate surface area is 98.8 Å². The molecule has 0 radical (unpaired) electrons. The summed E-state index contributed by atoms with van der Waals surface area (Å²) < 4.78 is 25.7. The molecule has 88 valence electrons. The van der Waals surface area contributed by atoms with E-state index in [9.17, 15) is 13.6 Å². The number of aromatic nitrogens is 1. The lowest BCUT2D eigenvalue weighted by Gasteiger charge is -2.13. The highest BCUT2D eigenvalue weighted by atomic mass is 79.9. The summed E-state index contributed by atoms with van der Waals surface area (Å²) in [6.07, 6.45) is 0. The number of pyridine rings is 1. The maximum Gasteiger partial charge on any atom is 0.287 e. The lowest BCUT2D eigenvalue weighted by molar-refractivity contribution is -0.0462. The van der Waals surface area contributed by atoms with E-state index < -0.39 is 25.0 Å². The molecule has 0 aliphatic carbocycles. The van der Waals surface area contributed by atoms with Crippen molar-refractivity contribution in [1.29, 1.82) is 0 Å². The standard InChI is InChI=1S/C9H9BrF2N2O2/c10-7-3-1-2-6(14-7)8(16)13-4-9(11,12)5-15/h1-3,15H,4-5H2,(H,13,16). The third-order valence-electron chi connectivity index (χ3n) is 1.69. The molecule has 2 N–H and O–H groups in total. The van der Waals surface area contributed by atoms with E-state index in [2.05, 4.69) is 20.9 Å². The van der Waals surface area contributed by atoms with Gasteiger partial charge in [-0.25, -0.2) is 13.8 Å². The van der Waals surface area contributed by atoms with Crippen molar-refractivity contribution in [3.63, 3.8) is 0 Å². The predicted octanol–water partition coefficient (Wildman–Crippen LogP) is 1.20. The number of rotatable bonds is 4. The topological polar surface area (TPSA) is 62.2 Å². The zero-order valence-electron chi connectivity index (χ0n) is 8.08. The van der Waals surface area contributed by atoms with Crippen molar-refractivity contribution < 1.29 is 18.7 Å². The van der Waals surface area contributed by atoms with Crippen molar-refractivity contribution in [3.8, 4) is 0 Å². The Kier molecular flexibility index (Phi) is 4.31. The first-order chi connectivity index (χ1) is 7.44. The maximum atomic E-state index is 12.6. The number of nitrogens with zero attached hydrogens (tertiary/aromatic N) is 1. The van der Waals surface area contributed by atoms with Crippen LogP contribution < -0.4 is 5.32 Å². The van der Waals surface area contributed by atoms with Gasteiger partial charge in [-0.1, -0.05) is 6.07 Å². The van der Waals surface area contributed by atoms with Crippen LogP contribution in [0.25, 0.3) is 0 Å². The summed E-state index contributed by atoms with van der Waals surface area (Å²) in [5.74, 6) is -4.03. The first-order valence-corrected chi connectivity index (χ1v) is 5.13. The molecule has 1 amide bonds. The number of alkyl halides is 2. The summed E-state index contributed by atoms with van der Waals surface area (Å²) in [4.78, 5) is 15.1. The van der Waals surface area contributed by atoms with Crippen LogP contribution >= 0.6 is 15.9 Å². The Morgan fingerprint density at radius 2 is 2.25 bits per heavy atom. The van der Waals surface area contributed by atoms with Gasteiger partial charge in [-0.05, 0) is 28.1 Å². The fraction of sp³-hybridized carbons (Fsp3) is 0.333. The van der Waals surface area contributed by atoms with Crippen LogP contribution in [0.5, 0.6) is 0 Å². The molecular formula is C9H9BrF2N2O2. The molecule has 7 heteroatoms. The second-order valence-electron chi connectivity index (χ2n) is 3.04. The number of hydrogen-bond donors (Lipinski definition) is 2. The van der Waals surface area contributed by atoms with Crippen LogP contribution in [0.4, 0.5) is 8.78 Å². The van der Waals surface area contributed by atoms with Gasteiger partial charge < -0.3 is 10.4 Å². The number of hydrogen-bond acceptors (Lipinski definition) is 3. The lowest BCUT2D eigenvalue weighted by Crippen LogP contribution is -2.39. The maximum absolute atomic E-state index is 12.6. The van der Waals surface area contributed by atoms with E-state index in [0.717, 1.165) is 0 Å². The number of aliphatic hydroxyl groups is 1. The summed E-state index contributed by atoms with van der Waals surface area (Å²) in [5.41, 5.74) is 0.0307. The Balaban J connectivity index is 2.60. The Bertz CT molecular complexity index is 388. The van der Waals surface area contributed by atoms with Crippen molar-refractivity contribution >= 4 is 21.8 Å². The predicted molar refractivity (Wildman–Crippen MR) is 56.3 cm³/mol. The largest absolute Gasteiger partial charge is 0.390 e. The van der Waals surface area contributed by atoms with E-state index in [1.54, 1.807) is 12.1 Å². The third kappa shape index (κ3) is 3.82. The molecule has 16 heavy (non-hydrogen) atoms. The summed E-state index contributed by atoms with van der Waals surface area (Å²) in [6.45, 7) is -2.23. The minimum atomic E-state index is -3.32. The molecule has 0 spiro atoms. The second-order valence-corrected chi connectivity index (χ2v) is 3.85. The van der Waals surface area contributed by atoms with Crippen LogP contribution in [0.2, 0.25) is 0 Å². The van der Waals surface area contributed by atoms with Gasteiger partial charge in [0.05, 0.1) is 6.54 Å². The molecule has 0 atom stereocenters. The molecule has 0 fully saturated rings. The van der Waals surface area contributed by atoms with E-state index >= 15 is 0 Å². The first-order valence-electron chi connectivity index (χ1n) is 4.34. The van der Waals surface area contributed by atoms with Crippen LogP contribution in [0.15, 0.2) is 22.8 Å². The fourth-order valence-electron chi connectivity index (χ4n) is 0.891. The van der Waals surface area contributed by atoms with E-state index in [0.29, 0.717) is 4.60 Å². The molecule has 4 nitrogen and oxygen atoms in total. The molecule has 0 saturated heterocycles. The van der Waals surface area contributed by atoms with Crippen LogP contribution in [0.3, 0.4) is 0 Å². The van der Waals surface area contributed by atoms with Gasteiger partial charge in [0.15, 0.2) is 0 Å². The normalized spacial score (nSPS) is 11.2. The molecule has 0 bridgehead atoms. The zero-order chi connectivity index (χ0) is 12.2. The molecule has 0 aliphatic rings.